The normalized spacial score (nSPS) is 26.7. The Kier molecular flexibility index (Phi) is 6.78. The highest BCUT2D eigenvalue weighted by Crippen LogP contribution is 2.50. The van der Waals surface area contributed by atoms with Crippen LogP contribution in [0.4, 0.5) is 5.69 Å². The van der Waals surface area contributed by atoms with Gasteiger partial charge in [-0.05, 0) is 43.7 Å². The Morgan fingerprint density at radius 3 is 2.81 bits per heavy atom. The van der Waals surface area contributed by atoms with Crippen LogP contribution >= 0.6 is 11.8 Å². The Bertz CT molecular complexity index is 675. The van der Waals surface area contributed by atoms with Crippen LogP contribution in [0.3, 0.4) is 0 Å². The SMILES string of the molecule is CCCCCC(C)C(C)Sc1cc(O)c2c(c1)NC(C)C1CCC(=O)CC21. The lowest BCUT2D eigenvalue weighted by Crippen LogP contribution is -2.39. The van der Waals surface area contributed by atoms with Crippen LogP contribution in [0.5, 0.6) is 5.75 Å². The fourth-order valence-corrected chi connectivity index (χ4v) is 5.93. The smallest absolute Gasteiger partial charge is 0.133 e. The third-order valence-corrected chi connectivity index (χ3v) is 7.98. The first-order chi connectivity index (χ1) is 12.9. The molecule has 1 fully saturated rings. The second-order valence-electron chi connectivity index (χ2n) is 8.68. The van der Waals surface area contributed by atoms with Crippen LogP contribution in [0.25, 0.3) is 0 Å². The van der Waals surface area contributed by atoms with Gasteiger partial charge in [-0.3, -0.25) is 4.79 Å². The van der Waals surface area contributed by atoms with Crippen molar-refractivity contribution in [2.24, 2.45) is 11.8 Å². The van der Waals surface area contributed by atoms with Crippen LogP contribution in [0.1, 0.15) is 84.1 Å². The number of phenols is 1. The minimum absolute atomic E-state index is 0.168. The van der Waals surface area contributed by atoms with E-state index in [1.165, 1.54) is 25.7 Å². The van der Waals surface area contributed by atoms with E-state index < -0.39 is 0 Å². The molecule has 0 bridgehead atoms. The summed E-state index contributed by atoms with van der Waals surface area (Å²) in [7, 11) is 0. The van der Waals surface area contributed by atoms with Gasteiger partial charge in [0.05, 0.1) is 0 Å². The Balaban J connectivity index is 1.76. The zero-order chi connectivity index (χ0) is 19.6. The summed E-state index contributed by atoms with van der Waals surface area (Å²) in [4.78, 5) is 13.2. The van der Waals surface area contributed by atoms with Crippen molar-refractivity contribution < 1.29 is 9.90 Å². The molecule has 27 heavy (non-hydrogen) atoms. The van der Waals surface area contributed by atoms with Gasteiger partial charge in [0.2, 0.25) is 0 Å². The average Bonchev–Trinajstić information content (AvgIpc) is 2.61. The zero-order valence-corrected chi connectivity index (χ0v) is 18.1. The molecule has 150 valence electrons. The third kappa shape index (κ3) is 4.64. The first-order valence-corrected chi connectivity index (χ1v) is 11.6. The number of ketones is 1. The molecule has 3 nitrogen and oxygen atoms in total. The molecule has 1 aliphatic carbocycles. The highest BCUT2D eigenvalue weighted by molar-refractivity contribution is 8.00. The maximum absolute atomic E-state index is 12.0. The third-order valence-electron chi connectivity index (χ3n) is 6.64. The summed E-state index contributed by atoms with van der Waals surface area (Å²) in [6.07, 6.45) is 7.33. The number of hydrogen-bond acceptors (Lipinski definition) is 4. The van der Waals surface area contributed by atoms with Gasteiger partial charge in [-0.15, -0.1) is 11.8 Å². The number of unbranched alkanes of at least 4 members (excludes halogenated alkanes) is 2. The van der Waals surface area contributed by atoms with Gasteiger partial charge in [0.25, 0.3) is 0 Å². The summed E-state index contributed by atoms with van der Waals surface area (Å²) in [5, 5.41) is 14.9. The van der Waals surface area contributed by atoms with Crippen molar-refractivity contribution in [2.75, 3.05) is 5.32 Å². The number of nitrogens with one attached hydrogen (secondary N) is 1. The molecule has 1 aromatic carbocycles. The molecular formula is C23H35NO2S. The molecule has 0 amide bonds. The van der Waals surface area contributed by atoms with Crippen LogP contribution < -0.4 is 5.32 Å². The van der Waals surface area contributed by atoms with E-state index >= 15 is 0 Å². The van der Waals surface area contributed by atoms with Crippen LogP contribution in [0.15, 0.2) is 17.0 Å². The molecule has 0 spiro atoms. The molecule has 4 heteroatoms. The number of carbonyl (C=O) groups is 1. The predicted molar refractivity (Wildman–Crippen MR) is 115 cm³/mol. The molecule has 2 aliphatic rings. The molecule has 0 saturated heterocycles. The number of carbonyl (C=O) groups excluding carboxylic acids is 1. The zero-order valence-electron chi connectivity index (χ0n) is 17.3. The minimum atomic E-state index is 0.168. The van der Waals surface area contributed by atoms with E-state index in [4.69, 9.17) is 0 Å². The lowest BCUT2D eigenvalue weighted by Gasteiger charge is -2.42. The fourth-order valence-electron chi connectivity index (χ4n) is 4.77. The summed E-state index contributed by atoms with van der Waals surface area (Å²) in [5.74, 6) is 1.97. The lowest BCUT2D eigenvalue weighted by atomic mass is 9.69. The number of rotatable bonds is 7. The van der Waals surface area contributed by atoms with Crippen molar-refractivity contribution in [3.05, 3.63) is 17.7 Å². The molecule has 1 heterocycles. The number of benzene rings is 1. The largest absolute Gasteiger partial charge is 0.508 e. The van der Waals surface area contributed by atoms with Gasteiger partial charge >= 0.3 is 0 Å². The van der Waals surface area contributed by atoms with Gasteiger partial charge in [0, 0.05) is 46.2 Å². The lowest BCUT2D eigenvalue weighted by molar-refractivity contribution is -0.121. The molecule has 2 N–H and O–H groups in total. The van der Waals surface area contributed by atoms with Crippen LogP contribution in [-0.4, -0.2) is 22.2 Å². The van der Waals surface area contributed by atoms with Crippen molar-refractivity contribution in [2.45, 2.75) is 94.7 Å². The van der Waals surface area contributed by atoms with Gasteiger partial charge < -0.3 is 10.4 Å². The van der Waals surface area contributed by atoms with Gasteiger partial charge in [0.15, 0.2) is 0 Å². The van der Waals surface area contributed by atoms with E-state index in [0.717, 1.165) is 22.6 Å². The first-order valence-electron chi connectivity index (χ1n) is 10.7. The Hall–Kier alpha value is -1.16. The van der Waals surface area contributed by atoms with Crippen molar-refractivity contribution in [1.82, 2.24) is 0 Å². The van der Waals surface area contributed by atoms with Crippen molar-refractivity contribution in [1.29, 1.82) is 0 Å². The van der Waals surface area contributed by atoms with Crippen molar-refractivity contribution >= 4 is 23.2 Å². The Morgan fingerprint density at radius 2 is 2.07 bits per heavy atom. The number of anilines is 1. The summed E-state index contributed by atoms with van der Waals surface area (Å²) >= 11 is 1.86. The second kappa shape index (κ2) is 8.89. The van der Waals surface area contributed by atoms with E-state index in [-0.39, 0.29) is 5.92 Å². The Labute approximate surface area is 168 Å². The van der Waals surface area contributed by atoms with E-state index in [1.807, 2.05) is 17.8 Å². The van der Waals surface area contributed by atoms with E-state index in [0.29, 0.717) is 47.5 Å². The fraction of sp³-hybridized carbons (Fsp3) is 0.696. The molecule has 1 saturated carbocycles. The average molecular weight is 390 g/mol. The molecular weight excluding hydrogens is 354 g/mol. The summed E-state index contributed by atoms with van der Waals surface area (Å²) in [6, 6.07) is 4.47. The van der Waals surface area contributed by atoms with Gasteiger partial charge in [-0.25, -0.2) is 0 Å². The highest BCUT2D eigenvalue weighted by Gasteiger charge is 2.40. The predicted octanol–water partition coefficient (Wildman–Crippen LogP) is 6.36. The number of phenolic OH excluding ortho intramolecular Hbond substituents is 1. The van der Waals surface area contributed by atoms with E-state index in [9.17, 15) is 9.90 Å². The number of Topliss-reactive ketones (excluding diaryl/α,β-unsaturated/α-hetero) is 1. The molecule has 5 atom stereocenters. The molecule has 3 rings (SSSR count). The topological polar surface area (TPSA) is 49.3 Å². The van der Waals surface area contributed by atoms with E-state index in [2.05, 4.69) is 39.1 Å². The quantitative estimate of drug-likeness (QED) is 0.421. The van der Waals surface area contributed by atoms with Gasteiger partial charge in [-0.2, -0.15) is 0 Å². The molecule has 1 aliphatic heterocycles. The summed E-state index contributed by atoms with van der Waals surface area (Å²) in [6.45, 7) is 9.09. The molecule has 0 aromatic heterocycles. The standard InChI is InChI=1S/C23H35NO2S/c1-5-6-7-8-14(2)16(4)27-18-12-21-23(22(26)13-18)20-11-17(25)9-10-19(20)15(3)24-21/h12-16,19-20,24,26H,5-11H2,1-4H3. The second-order valence-corrected chi connectivity index (χ2v) is 10.1. The number of fused-ring (bicyclic) bond motifs is 3. The van der Waals surface area contributed by atoms with Crippen LogP contribution in [0.2, 0.25) is 0 Å². The Morgan fingerprint density at radius 1 is 1.30 bits per heavy atom. The number of hydrogen-bond donors (Lipinski definition) is 2. The first kappa shape index (κ1) is 20.6. The molecule has 5 unspecified atom stereocenters. The maximum Gasteiger partial charge on any atom is 0.133 e. The number of thioether (sulfide) groups is 1. The van der Waals surface area contributed by atoms with Gasteiger partial charge in [0.1, 0.15) is 11.5 Å². The molecule has 0 radical (unpaired) electrons. The molecule has 1 aromatic rings. The van der Waals surface area contributed by atoms with Crippen molar-refractivity contribution in [3.63, 3.8) is 0 Å². The van der Waals surface area contributed by atoms with Crippen molar-refractivity contribution in [3.8, 4) is 5.75 Å². The van der Waals surface area contributed by atoms with Gasteiger partial charge in [-0.1, -0.05) is 40.0 Å². The maximum atomic E-state index is 12.0. The van der Waals surface area contributed by atoms with Crippen LogP contribution in [0, 0.1) is 11.8 Å². The van der Waals surface area contributed by atoms with E-state index in [1.54, 1.807) is 0 Å². The van der Waals surface area contributed by atoms with Crippen LogP contribution in [-0.2, 0) is 4.79 Å². The monoisotopic (exact) mass is 389 g/mol. The number of aromatic hydroxyl groups is 1. The minimum Gasteiger partial charge on any atom is -0.508 e. The summed E-state index contributed by atoms with van der Waals surface area (Å²) < 4.78 is 0. The highest BCUT2D eigenvalue weighted by atomic mass is 32.2. The summed E-state index contributed by atoms with van der Waals surface area (Å²) in [5.41, 5.74) is 2.01.